The zero-order valence-electron chi connectivity index (χ0n) is 14.2. The highest BCUT2D eigenvalue weighted by Crippen LogP contribution is 2.34. The minimum Gasteiger partial charge on any atom is -0.493 e. The molecule has 0 heterocycles. The van der Waals surface area contributed by atoms with Crippen molar-refractivity contribution in [1.82, 2.24) is 5.32 Å². The topological polar surface area (TPSA) is 30.5 Å². The van der Waals surface area contributed by atoms with Crippen molar-refractivity contribution in [3.8, 4) is 11.5 Å². The van der Waals surface area contributed by atoms with Crippen molar-refractivity contribution in [3.05, 3.63) is 58.1 Å². The fraction of sp³-hybridized carbons (Fsp3) is 0.368. The van der Waals surface area contributed by atoms with Crippen LogP contribution in [0.3, 0.4) is 0 Å². The van der Waals surface area contributed by atoms with Crippen LogP contribution < -0.4 is 14.8 Å². The summed E-state index contributed by atoms with van der Waals surface area (Å²) in [5.41, 5.74) is 3.51. The molecule has 0 aromatic heterocycles. The molecule has 0 spiro atoms. The molecule has 0 radical (unpaired) electrons. The molecule has 1 N–H and O–H groups in total. The van der Waals surface area contributed by atoms with Gasteiger partial charge in [-0.15, -0.1) is 0 Å². The first-order chi connectivity index (χ1) is 11.0. The fourth-order valence-electron chi connectivity index (χ4n) is 2.27. The minimum absolute atomic E-state index is 0.0745. The molecule has 0 saturated heterocycles. The van der Waals surface area contributed by atoms with E-state index in [-0.39, 0.29) is 6.10 Å². The van der Waals surface area contributed by atoms with Crippen LogP contribution in [0, 0.1) is 6.92 Å². The molecule has 2 aromatic carbocycles. The molecule has 0 saturated carbocycles. The number of nitrogens with one attached hydrogen (secondary N) is 1. The number of halogens is 1. The van der Waals surface area contributed by atoms with E-state index >= 15 is 0 Å². The summed E-state index contributed by atoms with van der Waals surface area (Å²) in [6, 6.07) is 12.2. The van der Waals surface area contributed by atoms with Crippen LogP contribution in [-0.2, 0) is 13.1 Å². The number of rotatable bonds is 7. The summed E-state index contributed by atoms with van der Waals surface area (Å²) in [5.74, 6) is 1.38. The van der Waals surface area contributed by atoms with Crippen molar-refractivity contribution < 1.29 is 9.47 Å². The molecule has 0 atom stereocenters. The van der Waals surface area contributed by atoms with E-state index in [1.165, 1.54) is 11.1 Å². The van der Waals surface area contributed by atoms with Gasteiger partial charge in [-0.2, -0.15) is 0 Å². The third-order valence-corrected chi connectivity index (χ3v) is 3.81. The Bertz CT molecular complexity index is 639. The SMILES string of the molecule is COc1cc(CNCc2ccc(C)cc2)c(Cl)cc1OC(C)C. The number of methoxy groups -OCH3 is 1. The largest absolute Gasteiger partial charge is 0.493 e. The van der Waals surface area contributed by atoms with Crippen molar-refractivity contribution >= 4 is 11.6 Å². The fourth-order valence-corrected chi connectivity index (χ4v) is 2.49. The van der Waals surface area contributed by atoms with Gasteiger partial charge in [-0.05, 0) is 38.0 Å². The van der Waals surface area contributed by atoms with Crippen molar-refractivity contribution in [1.29, 1.82) is 0 Å². The Labute approximate surface area is 143 Å². The highest BCUT2D eigenvalue weighted by molar-refractivity contribution is 6.31. The third kappa shape index (κ3) is 5.15. The van der Waals surface area contributed by atoms with Gasteiger partial charge in [0.25, 0.3) is 0 Å². The predicted molar refractivity (Wildman–Crippen MR) is 95.5 cm³/mol. The second-order valence-electron chi connectivity index (χ2n) is 5.85. The zero-order valence-corrected chi connectivity index (χ0v) is 14.9. The van der Waals surface area contributed by atoms with E-state index in [0.717, 1.165) is 12.1 Å². The molecule has 0 aliphatic rings. The molecule has 0 fully saturated rings. The van der Waals surface area contributed by atoms with Crippen molar-refractivity contribution in [3.63, 3.8) is 0 Å². The van der Waals surface area contributed by atoms with E-state index in [9.17, 15) is 0 Å². The van der Waals surface area contributed by atoms with Gasteiger partial charge in [-0.25, -0.2) is 0 Å². The normalized spacial score (nSPS) is 10.9. The average molecular weight is 334 g/mol. The quantitative estimate of drug-likeness (QED) is 0.794. The molecule has 2 rings (SSSR count). The molecule has 0 aliphatic heterocycles. The summed E-state index contributed by atoms with van der Waals surface area (Å²) >= 11 is 6.37. The van der Waals surface area contributed by atoms with Gasteiger partial charge >= 0.3 is 0 Å². The lowest BCUT2D eigenvalue weighted by atomic mass is 10.1. The summed E-state index contributed by atoms with van der Waals surface area (Å²) in [6.07, 6.45) is 0.0745. The van der Waals surface area contributed by atoms with E-state index in [0.29, 0.717) is 23.1 Å². The number of hydrogen-bond donors (Lipinski definition) is 1. The first-order valence-corrected chi connectivity index (χ1v) is 8.16. The summed E-state index contributed by atoms with van der Waals surface area (Å²) in [6.45, 7) is 7.51. The standard InChI is InChI=1S/C19H24ClNO2/c1-13(2)23-19-10-17(20)16(9-18(19)22-4)12-21-11-15-7-5-14(3)6-8-15/h5-10,13,21H,11-12H2,1-4H3. The van der Waals surface area contributed by atoms with Crippen LogP contribution in [0.4, 0.5) is 0 Å². The molecule has 0 unspecified atom stereocenters. The van der Waals surface area contributed by atoms with E-state index in [1.54, 1.807) is 7.11 Å². The van der Waals surface area contributed by atoms with Crippen molar-refractivity contribution in [2.75, 3.05) is 7.11 Å². The van der Waals surface area contributed by atoms with Gasteiger partial charge in [0.05, 0.1) is 13.2 Å². The van der Waals surface area contributed by atoms with Crippen LogP contribution in [0.2, 0.25) is 5.02 Å². The Morgan fingerprint density at radius 1 is 1.04 bits per heavy atom. The lowest BCUT2D eigenvalue weighted by molar-refractivity contribution is 0.230. The van der Waals surface area contributed by atoms with Gasteiger partial charge in [-0.1, -0.05) is 41.4 Å². The number of ether oxygens (including phenoxy) is 2. The van der Waals surface area contributed by atoms with Gasteiger partial charge < -0.3 is 14.8 Å². The number of hydrogen-bond acceptors (Lipinski definition) is 3. The van der Waals surface area contributed by atoms with Crippen LogP contribution in [0.1, 0.15) is 30.5 Å². The van der Waals surface area contributed by atoms with E-state index < -0.39 is 0 Å². The maximum atomic E-state index is 6.37. The van der Waals surface area contributed by atoms with Crippen molar-refractivity contribution in [2.24, 2.45) is 0 Å². The van der Waals surface area contributed by atoms with E-state index in [1.807, 2.05) is 26.0 Å². The molecule has 3 nitrogen and oxygen atoms in total. The van der Waals surface area contributed by atoms with Gasteiger partial charge in [0.15, 0.2) is 11.5 Å². The third-order valence-electron chi connectivity index (χ3n) is 3.46. The zero-order chi connectivity index (χ0) is 16.8. The molecule has 23 heavy (non-hydrogen) atoms. The van der Waals surface area contributed by atoms with E-state index in [2.05, 4.69) is 36.5 Å². The molecular formula is C19H24ClNO2. The number of benzene rings is 2. The van der Waals surface area contributed by atoms with Crippen LogP contribution >= 0.6 is 11.6 Å². The van der Waals surface area contributed by atoms with Crippen LogP contribution in [0.5, 0.6) is 11.5 Å². The molecule has 4 heteroatoms. The van der Waals surface area contributed by atoms with Crippen LogP contribution in [0.15, 0.2) is 36.4 Å². The van der Waals surface area contributed by atoms with Crippen LogP contribution in [-0.4, -0.2) is 13.2 Å². The maximum absolute atomic E-state index is 6.37. The number of aryl methyl sites for hydroxylation is 1. The summed E-state index contributed by atoms with van der Waals surface area (Å²) < 4.78 is 11.1. The Morgan fingerprint density at radius 3 is 2.35 bits per heavy atom. The first kappa shape index (κ1) is 17.6. The Hall–Kier alpha value is -1.71. The van der Waals surface area contributed by atoms with Crippen LogP contribution in [0.25, 0.3) is 0 Å². The Kier molecular flexibility index (Phi) is 6.31. The smallest absolute Gasteiger partial charge is 0.163 e. The average Bonchev–Trinajstić information content (AvgIpc) is 2.50. The summed E-state index contributed by atoms with van der Waals surface area (Å²) in [7, 11) is 1.64. The molecule has 2 aromatic rings. The van der Waals surface area contributed by atoms with Gasteiger partial charge in [0.1, 0.15) is 0 Å². The minimum atomic E-state index is 0.0745. The Balaban J connectivity index is 2.03. The summed E-state index contributed by atoms with van der Waals surface area (Å²) in [5, 5.41) is 4.09. The highest BCUT2D eigenvalue weighted by atomic mass is 35.5. The Morgan fingerprint density at radius 2 is 1.74 bits per heavy atom. The highest BCUT2D eigenvalue weighted by Gasteiger charge is 2.11. The summed E-state index contributed by atoms with van der Waals surface area (Å²) in [4.78, 5) is 0. The molecule has 124 valence electrons. The lowest BCUT2D eigenvalue weighted by Gasteiger charge is -2.16. The first-order valence-electron chi connectivity index (χ1n) is 7.79. The predicted octanol–water partition coefficient (Wildman–Crippen LogP) is 4.73. The second-order valence-corrected chi connectivity index (χ2v) is 6.26. The molecule has 0 amide bonds. The van der Waals surface area contributed by atoms with Gasteiger partial charge in [0.2, 0.25) is 0 Å². The van der Waals surface area contributed by atoms with Crippen molar-refractivity contribution in [2.45, 2.75) is 40.0 Å². The second kappa shape index (κ2) is 8.23. The van der Waals surface area contributed by atoms with E-state index in [4.69, 9.17) is 21.1 Å². The monoisotopic (exact) mass is 333 g/mol. The van der Waals surface area contributed by atoms with Gasteiger partial charge in [-0.3, -0.25) is 0 Å². The lowest BCUT2D eigenvalue weighted by Crippen LogP contribution is -2.13. The molecule has 0 bridgehead atoms. The maximum Gasteiger partial charge on any atom is 0.163 e. The molecule has 0 aliphatic carbocycles. The van der Waals surface area contributed by atoms with Gasteiger partial charge in [0, 0.05) is 24.2 Å². The molecular weight excluding hydrogens is 310 g/mol.